The lowest BCUT2D eigenvalue weighted by Gasteiger charge is -2.29. The van der Waals surface area contributed by atoms with Crippen LogP contribution in [0.15, 0.2) is 6.20 Å². The SMILES string of the molecule is CCCNc1ncc([N+](=O)[O-])c(N(CC(C)C)C(C)C)n1. The molecule has 0 aromatic carbocycles. The fourth-order valence-corrected chi connectivity index (χ4v) is 1.96. The van der Waals surface area contributed by atoms with Crippen molar-refractivity contribution in [2.24, 2.45) is 5.92 Å². The molecule has 0 unspecified atom stereocenters. The topological polar surface area (TPSA) is 84.2 Å². The van der Waals surface area contributed by atoms with Crippen LogP contribution < -0.4 is 10.2 Å². The maximum atomic E-state index is 11.2. The summed E-state index contributed by atoms with van der Waals surface area (Å²) >= 11 is 0. The third-order valence-electron chi connectivity index (χ3n) is 2.94. The molecule has 0 saturated heterocycles. The number of hydrogen-bond donors (Lipinski definition) is 1. The number of hydrogen-bond acceptors (Lipinski definition) is 6. The van der Waals surface area contributed by atoms with Crippen LogP contribution in [0.4, 0.5) is 17.5 Å². The Bertz CT molecular complexity index is 476. The number of aromatic nitrogens is 2. The van der Waals surface area contributed by atoms with Crippen molar-refractivity contribution in [2.45, 2.75) is 47.1 Å². The Balaban J connectivity index is 3.21. The normalized spacial score (nSPS) is 11.0. The van der Waals surface area contributed by atoms with Gasteiger partial charge in [0.05, 0.1) is 4.92 Å². The van der Waals surface area contributed by atoms with Gasteiger partial charge in [0.1, 0.15) is 6.20 Å². The maximum Gasteiger partial charge on any atom is 0.329 e. The highest BCUT2D eigenvalue weighted by Gasteiger charge is 2.25. The van der Waals surface area contributed by atoms with E-state index in [9.17, 15) is 10.1 Å². The Kier molecular flexibility index (Phi) is 6.33. The fraction of sp³-hybridized carbons (Fsp3) is 0.714. The summed E-state index contributed by atoms with van der Waals surface area (Å²) < 4.78 is 0. The Morgan fingerprint density at radius 3 is 2.52 bits per heavy atom. The second-order valence-electron chi connectivity index (χ2n) is 5.73. The Hall–Kier alpha value is -1.92. The highest BCUT2D eigenvalue weighted by molar-refractivity contribution is 5.59. The molecule has 0 radical (unpaired) electrons. The van der Waals surface area contributed by atoms with Gasteiger partial charge >= 0.3 is 5.69 Å². The van der Waals surface area contributed by atoms with Gasteiger partial charge in [-0.25, -0.2) is 4.98 Å². The van der Waals surface area contributed by atoms with E-state index in [0.717, 1.165) is 13.0 Å². The molecule has 1 aromatic rings. The maximum absolute atomic E-state index is 11.2. The lowest BCUT2D eigenvalue weighted by atomic mass is 10.1. The summed E-state index contributed by atoms with van der Waals surface area (Å²) in [4.78, 5) is 21.2. The van der Waals surface area contributed by atoms with Crippen LogP contribution >= 0.6 is 0 Å². The van der Waals surface area contributed by atoms with Gasteiger partial charge < -0.3 is 10.2 Å². The van der Waals surface area contributed by atoms with Gasteiger partial charge in [0, 0.05) is 19.1 Å². The van der Waals surface area contributed by atoms with Gasteiger partial charge in [0.2, 0.25) is 11.8 Å². The predicted octanol–water partition coefficient (Wildman–Crippen LogP) is 3.08. The Labute approximate surface area is 125 Å². The molecular weight excluding hydrogens is 270 g/mol. The average molecular weight is 295 g/mol. The predicted molar refractivity (Wildman–Crippen MR) is 84.8 cm³/mol. The Morgan fingerprint density at radius 1 is 1.38 bits per heavy atom. The van der Waals surface area contributed by atoms with Crippen LogP contribution in [0.1, 0.15) is 41.0 Å². The second kappa shape index (κ2) is 7.75. The van der Waals surface area contributed by atoms with Crippen LogP contribution in [0.2, 0.25) is 0 Å². The molecule has 0 spiro atoms. The molecule has 0 fully saturated rings. The first kappa shape index (κ1) is 17.1. The van der Waals surface area contributed by atoms with Crippen LogP contribution in [0, 0.1) is 16.0 Å². The van der Waals surface area contributed by atoms with E-state index in [4.69, 9.17) is 0 Å². The van der Waals surface area contributed by atoms with Crippen molar-refractivity contribution >= 4 is 17.5 Å². The van der Waals surface area contributed by atoms with Gasteiger partial charge in [-0.1, -0.05) is 20.8 Å². The minimum absolute atomic E-state index is 0.0496. The largest absolute Gasteiger partial charge is 0.354 e. The molecule has 0 aliphatic carbocycles. The molecule has 118 valence electrons. The second-order valence-corrected chi connectivity index (χ2v) is 5.73. The minimum Gasteiger partial charge on any atom is -0.354 e. The van der Waals surface area contributed by atoms with Crippen LogP contribution in [0.5, 0.6) is 0 Å². The lowest BCUT2D eigenvalue weighted by molar-refractivity contribution is -0.384. The fourth-order valence-electron chi connectivity index (χ4n) is 1.96. The standard InChI is InChI=1S/C14H25N5O2/c1-6-7-15-14-16-8-12(19(20)21)13(17-14)18(11(4)5)9-10(2)3/h8,10-11H,6-7,9H2,1-5H3,(H,15,16,17). The van der Waals surface area contributed by atoms with E-state index in [1.54, 1.807) is 0 Å². The molecule has 7 heteroatoms. The van der Waals surface area contributed by atoms with Crippen molar-refractivity contribution in [1.29, 1.82) is 0 Å². The zero-order chi connectivity index (χ0) is 16.0. The number of anilines is 2. The summed E-state index contributed by atoms with van der Waals surface area (Å²) in [6.07, 6.45) is 2.23. The molecule has 0 aliphatic heterocycles. The van der Waals surface area contributed by atoms with E-state index >= 15 is 0 Å². The molecule has 0 bridgehead atoms. The van der Waals surface area contributed by atoms with Crippen molar-refractivity contribution in [3.63, 3.8) is 0 Å². The molecule has 1 heterocycles. The van der Waals surface area contributed by atoms with Gasteiger partial charge in [0.15, 0.2) is 0 Å². The summed E-state index contributed by atoms with van der Waals surface area (Å²) in [7, 11) is 0. The van der Waals surface area contributed by atoms with E-state index in [1.807, 2.05) is 25.7 Å². The molecule has 1 N–H and O–H groups in total. The number of nitrogens with zero attached hydrogens (tertiary/aromatic N) is 4. The van der Waals surface area contributed by atoms with E-state index < -0.39 is 4.92 Å². The summed E-state index contributed by atoms with van der Waals surface area (Å²) in [5.41, 5.74) is -0.0496. The van der Waals surface area contributed by atoms with Crippen molar-refractivity contribution in [1.82, 2.24) is 9.97 Å². The van der Waals surface area contributed by atoms with E-state index in [2.05, 4.69) is 29.1 Å². The highest BCUT2D eigenvalue weighted by Crippen LogP contribution is 2.28. The van der Waals surface area contributed by atoms with E-state index in [1.165, 1.54) is 6.20 Å². The summed E-state index contributed by atoms with van der Waals surface area (Å²) in [6.45, 7) is 11.7. The van der Waals surface area contributed by atoms with Crippen molar-refractivity contribution in [3.05, 3.63) is 16.3 Å². The smallest absolute Gasteiger partial charge is 0.329 e. The molecule has 1 rings (SSSR count). The third kappa shape index (κ3) is 4.84. The quantitative estimate of drug-likeness (QED) is 0.586. The van der Waals surface area contributed by atoms with Crippen molar-refractivity contribution in [3.8, 4) is 0 Å². The van der Waals surface area contributed by atoms with E-state index in [0.29, 0.717) is 24.2 Å². The molecule has 0 saturated carbocycles. The van der Waals surface area contributed by atoms with Crippen LogP contribution in [-0.4, -0.2) is 34.0 Å². The molecule has 0 aliphatic rings. The van der Waals surface area contributed by atoms with Gasteiger partial charge in [-0.05, 0) is 26.2 Å². The molecule has 21 heavy (non-hydrogen) atoms. The zero-order valence-corrected chi connectivity index (χ0v) is 13.5. The molecular formula is C14H25N5O2. The summed E-state index contributed by atoms with van der Waals surface area (Å²) in [5.74, 6) is 1.21. The van der Waals surface area contributed by atoms with Gasteiger partial charge in [0.25, 0.3) is 0 Å². The third-order valence-corrected chi connectivity index (χ3v) is 2.94. The molecule has 1 aromatic heterocycles. The lowest BCUT2D eigenvalue weighted by Crippen LogP contribution is -2.35. The first-order valence-electron chi connectivity index (χ1n) is 7.38. The zero-order valence-electron chi connectivity index (χ0n) is 13.5. The summed E-state index contributed by atoms with van der Waals surface area (Å²) in [6, 6.07) is 0.125. The minimum atomic E-state index is -0.422. The Morgan fingerprint density at radius 2 is 2.05 bits per heavy atom. The van der Waals surface area contributed by atoms with Crippen LogP contribution in [0.25, 0.3) is 0 Å². The highest BCUT2D eigenvalue weighted by atomic mass is 16.6. The van der Waals surface area contributed by atoms with Gasteiger partial charge in [-0.15, -0.1) is 0 Å². The summed E-state index contributed by atoms with van der Waals surface area (Å²) in [5, 5.41) is 14.3. The molecule has 0 amide bonds. The number of nitrogens with one attached hydrogen (secondary N) is 1. The number of nitro groups is 1. The van der Waals surface area contributed by atoms with Gasteiger partial charge in [-0.3, -0.25) is 10.1 Å². The molecule has 0 atom stereocenters. The first-order chi connectivity index (χ1) is 9.86. The van der Waals surface area contributed by atoms with Gasteiger partial charge in [-0.2, -0.15) is 4.98 Å². The van der Waals surface area contributed by atoms with Crippen molar-refractivity contribution < 1.29 is 4.92 Å². The van der Waals surface area contributed by atoms with Crippen LogP contribution in [-0.2, 0) is 0 Å². The monoisotopic (exact) mass is 295 g/mol. The average Bonchev–Trinajstić information content (AvgIpc) is 2.41. The van der Waals surface area contributed by atoms with Crippen molar-refractivity contribution in [2.75, 3.05) is 23.3 Å². The number of rotatable bonds is 8. The molecule has 7 nitrogen and oxygen atoms in total. The van der Waals surface area contributed by atoms with E-state index in [-0.39, 0.29) is 11.7 Å². The van der Waals surface area contributed by atoms with Crippen LogP contribution in [0.3, 0.4) is 0 Å². The first-order valence-corrected chi connectivity index (χ1v) is 7.38.